The fraction of sp³-hybridized carbons (Fsp3) is 0.353. The van der Waals surface area contributed by atoms with E-state index in [2.05, 4.69) is 31.8 Å². The van der Waals surface area contributed by atoms with Crippen LogP contribution in [0.5, 0.6) is 0 Å². The fourth-order valence-electron chi connectivity index (χ4n) is 2.32. The lowest BCUT2D eigenvalue weighted by atomic mass is 9.81. The minimum atomic E-state index is -0.474. The maximum Gasteiger partial charge on any atom is 0.0833 e. The average Bonchev–Trinajstić information content (AvgIpc) is 2.39. The molecule has 2 rings (SSSR count). The molecule has 1 atom stereocenters. The van der Waals surface area contributed by atoms with Crippen LogP contribution in [-0.4, -0.2) is 10.1 Å². The van der Waals surface area contributed by atoms with Crippen molar-refractivity contribution in [3.63, 3.8) is 0 Å². The quantitative estimate of drug-likeness (QED) is 0.908. The minimum Gasteiger partial charge on any atom is -0.388 e. The van der Waals surface area contributed by atoms with E-state index in [0.29, 0.717) is 6.42 Å². The summed E-state index contributed by atoms with van der Waals surface area (Å²) < 4.78 is 0. The van der Waals surface area contributed by atoms with E-state index < -0.39 is 6.10 Å². The highest BCUT2D eigenvalue weighted by atomic mass is 16.3. The molecule has 19 heavy (non-hydrogen) atoms. The molecule has 1 aromatic carbocycles. The second kappa shape index (κ2) is 5.54. The Balaban J connectivity index is 2.27. The zero-order chi connectivity index (χ0) is 13.9. The normalized spacial score (nSPS) is 13.3. The van der Waals surface area contributed by atoms with Crippen molar-refractivity contribution in [2.45, 2.75) is 38.7 Å². The number of aliphatic hydroxyl groups is 1. The van der Waals surface area contributed by atoms with E-state index in [1.807, 2.05) is 30.3 Å². The Morgan fingerprint density at radius 3 is 2.32 bits per heavy atom. The molecule has 0 radical (unpaired) electrons. The van der Waals surface area contributed by atoms with E-state index in [4.69, 9.17) is 0 Å². The van der Waals surface area contributed by atoms with E-state index in [-0.39, 0.29) is 5.41 Å². The largest absolute Gasteiger partial charge is 0.388 e. The van der Waals surface area contributed by atoms with Gasteiger partial charge in [0.15, 0.2) is 0 Å². The van der Waals surface area contributed by atoms with Gasteiger partial charge in [0.25, 0.3) is 0 Å². The summed E-state index contributed by atoms with van der Waals surface area (Å²) in [5.41, 5.74) is 3.37. The van der Waals surface area contributed by atoms with Crippen molar-refractivity contribution >= 4 is 0 Å². The summed E-state index contributed by atoms with van der Waals surface area (Å²) in [5.74, 6) is 0. The van der Waals surface area contributed by atoms with Crippen molar-refractivity contribution in [1.82, 2.24) is 4.98 Å². The first kappa shape index (κ1) is 13.8. The SMILES string of the molecule is CC(C)(C)c1ccccc1C(O)Cc1ccncc1. The molecule has 2 nitrogen and oxygen atoms in total. The summed E-state index contributed by atoms with van der Waals surface area (Å²) >= 11 is 0. The second-order valence-electron chi connectivity index (χ2n) is 5.91. The molecule has 100 valence electrons. The van der Waals surface area contributed by atoms with Gasteiger partial charge in [-0.25, -0.2) is 0 Å². The maximum absolute atomic E-state index is 10.5. The molecule has 2 heteroatoms. The molecule has 1 aromatic heterocycles. The predicted octanol–water partition coefficient (Wildman–Crippen LogP) is 3.66. The van der Waals surface area contributed by atoms with Gasteiger partial charge in [0.1, 0.15) is 0 Å². The van der Waals surface area contributed by atoms with Crippen LogP contribution < -0.4 is 0 Å². The Labute approximate surface area is 115 Å². The van der Waals surface area contributed by atoms with Crippen molar-refractivity contribution < 1.29 is 5.11 Å². The van der Waals surface area contributed by atoms with Crippen LogP contribution in [0.2, 0.25) is 0 Å². The topological polar surface area (TPSA) is 33.1 Å². The monoisotopic (exact) mass is 255 g/mol. The molecule has 0 aliphatic carbocycles. The number of nitrogens with zero attached hydrogens (tertiary/aromatic N) is 1. The molecule has 1 unspecified atom stereocenters. The van der Waals surface area contributed by atoms with Crippen molar-refractivity contribution in [2.75, 3.05) is 0 Å². The highest BCUT2D eigenvalue weighted by molar-refractivity contribution is 5.35. The number of aliphatic hydroxyl groups excluding tert-OH is 1. The standard InChI is InChI=1S/C17H21NO/c1-17(2,3)15-7-5-4-6-14(15)16(19)12-13-8-10-18-11-9-13/h4-11,16,19H,12H2,1-3H3. The Bertz CT molecular complexity index is 528. The Morgan fingerprint density at radius 1 is 1.05 bits per heavy atom. The number of aromatic nitrogens is 1. The number of pyridine rings is 1. The molecule has 0 aliphatic rings. The van der Waals surface area contributed by atoms with Gasteiger partial charge in [0.05, 0.1) is 6.10 Å². The highest BCUT2D eigenvalue weighted by Gasteiger charge is 2.21. The van der Waals surface area contributed by atoms with Gasteiger partial charge in [-0.15, -0.1) is 0 Å². The molecule has 1 heterocycles. The number of hydrogen-bond donors (Lipinski definition) is 1. The van der Waals surface area contributed by atoms with E-state index in [1.165, 1.54) is 5.56 Å². The van der Waals surface area contributed by atoms with E-state index in [1.54, 1.807) is 12.4 Å². The lowest BCUT2D eigenvalue weighted by Crippen LogP contribution is -2.16. The molecule has 0 bridgehead atoms. The van der Waals surface area contributed by atoms with Gasteiger partial charge < -0.3 is 5.11 Å². The number of hydrogen-bond acceptors (Lipinski definition) is 2. The highest BCUT2D eigenvalue weighted by Crippen LogP contribution is 2.30. The summed E-state index contributed by atoms with van der Waals surface area (Å²) in [6.07, 6.45) is 3.67. The second-order valence-corrected chi connectivity index (χ2v) is 5.91. The van der Waals surface area contributed by atoms with Crippen LogP contribution in [0.15, 0.2) is 48.8 Å². The van der Waals surface area contributed by atoms with Crippen LogP contribution in [0, 0.1) is 0 Å². The van der Waals surface area contributed by atoms with Gasteiger partial charge in [-0.3, -0.25) is 4.98 Å². The Hall–Kier alpha value is -1.67. The molecule has 0 saturated carbocycles. The van der Waals surface area contributed by atoms with Crippen molar-refractivity contribution in [1.29, 1.82) is 0 Å². The third kappa shape index (κ3) is 3.42. The molecular formula is C17H21NO. The zero-order valence-corrected chi connectivity index (χ0v) is 11.8. The van der Waals surface area contributed by atoms with Crippen molar-refractivity contribution in [2.24, 2.45) is 0 Å². The van der Waals surface area contributed by atoms with Gasteiger partial charge in [-0.1, -0.05) is 45.0 Å². The van der Waals surface area contributed by atoms with Gasteiger partial charge >= 0.3 is 0 Å². The minimum absolute atomic E-state index is 0.0375. The molecule has 2 aromatic rings. The zero-order valence-electron chi connectivity index (χ0n) is 11.8. The van der Waals surface area contributed by atoms with Gasteiger partial charge in [-0.2, -0.15) is 0 Å². The summed E-state index contributed by atoms with van der Waals surface area (Å²) in [6, 6.07) is 12.0. The Morgan fingerprint density at radius 2 is 1.68 bits per heavy atom. The maximum atomic E-state index is 10.5. The third-order valence-electron chi connectivity index (χ3n) is 3.31. The molecule has 1 N–H and O–H groups in total. The van der Waals surface area contributed by atoms with Crippen LogP contribution in [-0.2, 0) is 11.8 Å². The van der Waals surface area contributed by atoms with Crippen molar-refractivity contribution in [3.05, 3.63) is 65.5 Å². The molecule has 0 amide bonds. The molecule has 0 aliphatic heterocycles. The summed E-state index contributed by atoms with van der Waals surface area (Å²) in [5, 5.41) is 10.5. The van der Waals surface area contributed by atoms with Crippen LogP contribution >= 0.6 is 0 Å². The van der Waals surface area contributed by atoms with E-state index >= 15 is 0 Å². The predicted molar refractivity (Wildman–Crippen MR) is 78.0 cm³/mol. The lowest BCUT2D eigenvalue weighted by molar-refractivity contribution is 0.176. The number of rotatable bonds is 3. The van der Waals surface area contributed by atoms with Crippen LogP contribution in [0.4, 0.5) is 0 Å². The van der Waals surface area contributed by atoms with E-state index in [0.717, 1.165) is 11.1 Å². The van der Waals surface area contributed by atoms with Gasteiger partial charge in [0, 0.05) is 18.8 Å². The van der Waals surface area contributed by atoms with Crippen LogP contribution in [0.25, 0.3) is 0 Å². The molecule has 0 fully saturated rings. The van der Waals surface area contributed by atoms with E-state index in [9.17, 15) is 5.11 Å². The summed E-state index contributed by atoms with van der Waals surface area (Å²) in [4.78, 5) is 4.00. The molecule has 0 saturated heterocycles. The summed E-state index contributed by atoms with van der Waals surface area (Å²) in [7, 11) is 0. The first-order valence-electron chi connectivity index (χ1n) is 6.65. The third-order valence-corrected chi connectivity index (χ3v) is 3.31. The molecule has 0 spiro atoms. The first-order chi connectivity index (χ1) is 8.98. The van der Waals surface area contributed by atoms with Crippen LogP contribution in [0.3, 0.4) is 0 Å². The van der Waals surface area contributed by atoms with Gasteiger partial charge in [-0.05, 0) is 34.2 Å². The first-order valence-corrected chi connectivity index (χ1v) is 6.65. The van der Waals surface area contributed by atoms with Gasteiger partial charge in [0.2, 0.25) is 0 Å². The van der Waals surface area contributed by atoms with Crippen LogP contribution in [0.1, 0.15) is 43.6 Å². The number of benzene rings is 1. The lowest BCUT2D eigenvalue weighted by Gasteiger charge is -2.25. The smallest absolute Gasteiger partial charge is 0.0833 e. The fourth-order valence-corrected chi connectivity index (χ4v) is 2.32. The average molecular weight is 255 g/mol. The molecular weight excluding hydrogens is 234 g/mol. The summed E-state index contributed by atoms with van der Waals surface area (Å²) in [6.45, 7) is 6.51. The Kier molecular flexibility index (Phi) is 4.01. The van der Waals surface area contributed by atoms with Crippen molar-refractivity contribution in [3.8, 4) is 0 Å².